The van der Waals surface area contributed by atoms with E-state index in [4.69, 9.17) is 16.7 Å². The number of carboxylic acids is 1. The van der Waals surface area contributed by atoms with Gasteiger partial charge >= 0.3 is 5.97 Å². The Morgan fingerprint density at radius 2 is 2.13 bits per heavy atom. The summed E-state index contributed by atoms with van der Waals surface area (Å²) in [6.45, 7) is 4.07. The van der Waals surface area contributed by atoms with Crippen molar-refractivity contribution in [2.45, 2.75) is 51.2 Å². The van der Waals surface area contributed by atoms with Crippen molar-refractivity contribution in [3.8, 4) is 0 Å². The third kappa shape index (κ3) is 4.69. The molecule has 0 atom stereocenters. The zero-order chi connectivity index (χ0) is 16.4. The Labute approximate surface area is 142 Å². The van der Waals surface area contributed by atoms with Gasteiger partial charge in [-0.15, -0.1) is 0 Å². The van der Waals surface area contributed by atoms with Gasteiger partial charge in [0.2, 0.25) is 0 Å². The molecule has 1 aromatic rings. The van der Waals surface area contributed by atoms with Crippen LogP contribution in [0.4, 0.5) is 0 Å². The largest absolute Gasteiger partial charge is 0.480 e. The number of aryl methyl sites for hydroxylation is 1. The number of benzene rings is 1. The quantitative estimate of drug-likeness (QED) is 0.766. The zero-order valence-electron chi connectivity index (χ0n) is 13.6. The van der Waals surface area contributed by atoms with E-state index in [-0.39, 0.29) is 6.54 Å². The van der Waals surface area contributed by atoms with Gasteiger partial charge in [0, 0.05) is 30.2 Å². The van der Waals surface area contributed by atoms with E-state index in [0.29, 0.717) is 12.1 Å². The highest BCUT2D eigenvalue weighted by Gasteiger charge is 2.36. The Hall–Kier alpha value is -1.10. The van der Waals surface area contributed by atoms with Crippen LogP contribution in [0.5, 0.6) is 0 Å². The summed E-state index contributed by atoms with van der Waals surface area (Å²) in [5.41, 5.74) is 2.49. The molecule has 0 unspecified atom stereocenters. The van der Waals surface area contributed by atoms with E-state index in [1.807, 2.05) is 12.1 Å². The number of hydrogen-bond donors (Lipinski definition) is 2. The highest BCUT2D eigenvalue weighted by Crippen LogP contribution is 2.33. The van der Waals surface area contributed by atoms with Crippen LogP contribution in [0.25, 0.3) is 0 Å². The fourth-order valence-electron chi connectivity index (χ4n) is 3.31. The lowest BCUT2D eigenvalue weighted by Gasteiger charge is -2.43. The van der Waals surface area contributed by atoms with E-state index in [9.17, 15) is 4.79 Å². The Bertz CT molecular complexity index is 568. The molecule has 0 amide bonds. The van der Waals surface area contributed by atoms with Gasteiger partial charge in [-0.3, -0.25) is 9.69 Å². The van der Waals surface area contributed by atoms with Crippen LogP contribution in [0, 0.1) is 12.8 Å². The van der Waals surface area contributed by atoms with Crippen LogP contribution < -0.4 is 5.32 Å². The first-order chi connectivity index (χ1) is 11.0. The summed E-state index contributed by atoms with van der Waals surface area (Å²) in [7, 11) is 0. The van der Waals surface area contributed by atoms with E-state index >= 15 is 0 Å². The van der Waals surface area contributed by atoms with Crippen molar-refractivity contribution < 1.29 is 9.90 Å². The number of halogens is 1. The number of carbonyl (C=O) groups is 1. The molecule has 2 N–H and O–H groups in total. The maximum absolute atomic E-state index is 11.0. The molecule has 23 heavy (non-hydrogen) atoms. The van der Waals surface area contributed by atoms with Crippen molar-refractivity contribution in [1.29, 1.82) is 0 Å². The summed E-state index contributed by atoms with van der Waals surface area (Å²) < 4.78 is 0. The lowest BCUT2D eigenvalue weighted by atomic mass is 9.85. The van der Waals surface area contributed by atoms with Crippen LogP contribution in [-0.4, -0.2) is 41.1 Å². The van der Waals surface area contributed by atoms with Crippen LogP contribution in [-0.2, 0) is 11.3 Å². The van der Waals surface area contributed by atoms with Crippen molar-refractivity contribution in [2.24, 2.45) is 5.92 Å². The first-order valence-corrected chi connectivity index (χ1v) is 8.83. The minimum Gasteiger partial charge on any atom is -0.480 e. The van der Waals surface area contributed by atoms with Gasteiger partial charge < -0.3 is 10.4 Å². The first-order valence-electron chi connectivity index (χ1n) is 8.45. The molecule has 0 bridgehead atoms. The van der Waals surface area contributed by atoms with E-state index in [0.717, 1.165) is 36.9 Å². The maximum Gasteiger partial charge on any atom is 0.317 e. The van der Waals surface area contributed by atoms with Gasteiger partial charge in [0.15, 0.2) is 0 Å². The topological polar surface area (TPSA) is 52.6 Å². The van der Waals surface area contributed by atoms with Gasteiger partial charge in [0.25, 0.3) is 0 Å². The summed E-state index contributed by atoms with van der Waals surface area (Å²) in [6, 6.07) is 6.91. The molecule has 2 aliphatic carbocycles. The lowest BCUT2D eigenvalue weighted by Crippen LogP contribution is -2.54. The van der Waals surface area contributed by atoms with Crippen molar-refractivity contribution in [1.82, 2.24) is 10.2 Å². The molecule has 4 nitrogen and oxygen atoms in total. The molecule has 0 spiro atoms. The Kier molecular flexibility index (Phi) is 5.24. The Morgan fingerprint density at radius 3 is 2.74 bits per heavy atom. The minimum atomic E-state index is -0.709. The van der Waals surface area contributed by atoms with Gasteiger partial charge in [0.05, 0.1) is 6.54 Å². The number of nitrogens with zero attached hydrogens (tertiary/aromatic N) is 1. The van der Waals surface area contributed by atoms with Crippen molar-refractivity contribution >= 4 is 17.6 Å². The van der Waals surface area contributed by atoms with E-state index < -0.39 is 5.97 Å². The molecule has 0 aromatic heterocycles. The molecule has 126 valence electrons. The van der Waals surface area contributed by atoms with Crippen molar-refractivity contribution in [2.75, 3.05) is 13.1 Å². The minimum absolute atomic E-state index is 0.185. The Balaban J connectivity index is 1.44. The molecule has 1 aromatic carbocycles. The maximum atomic E-state index is 11.0. The van der Waals surface area contributed by atoms with Gasteiger partial charge in [0.1, 0.15) is 0 Å². The van der Waals surface area contributed by atoms with Gasteiger partial charge in [-0.1, -0.05) is 17.7 Å². The molecule has 2 saturated carbocycles. The third-order valence-electron chi connectivity index (χ3n) is 5.04. The average molecular weight is 337 g/mol. The summed E-state index contributed by atoms with van der Waals surface area (Å²) in [5, 5.41) is 13.5. The van der Waals surface area contributed by atoms with Crippen LogP contribution >= 0.6 is 11.6 Å². The highest BCUT2D eigenvalue weighted by atomic mass is 35.5. The predicted octanol–water partition coefficient (Wildman–Crippen LogP) is 3.07. The molecule has 3 rings (SSSR count). The molecular weight excluding hydrogens is 312 g/mol. The summed E-state index contributed by atoms with van der Waals surface area (Å²) in [4.78, 5) is 13.2. The monoisotopic (exact) mass is 336 g/mol. The van der Waals surface area contributed by atoms with Gasteiger partial charge in [-0.25, -0.2) is 0 Å². The zero-order valence-corrected chi connectivity index (χ0v) is 14.4. The SMILES string of the molecule is Cc1cc(Cl)ccc1CNC1CC(N(CC(=O)O)CC2CC2)C1. The second kappa shape index (κ2) is 7.20. The molecule has 2 fully saturated rings. The fraction of sp³-hybridized carbons (Fsp3) is 0.611. The highest BCUT2D eigenvalue weighted by molar-refractivity contribution is 6.30. The normalized spacial score (nSPS) is 23.8. The van der Waals surface area contributed by atoms with E-state index in [1.165, 1.54) is 24.0 Å². The second-order valence-corrected chi connectivity index (χ2v) is 7.48. The van der Waals surface area contributed by atoms with Crippen molar-refractivity contribution in [3.05, 3.63) is 34.3 Å². The summed E-state index contributed by atoms with van der Waals surface area (Å²) in [6.07, 6.45) is 4.62. The first kappa shape index (κ1) is 16.7. The summed E-state index contributed by atoms with van der Waals surface area (Å²) >= 11 is 5.99. The lowest BCUT2D eigenvalue weighted by molar-refractivity contribution is -0.139. The van der Waals surface area contributed by atoms with E-state index in [1.54, 1.807) is 0 Å². The second-order valence-electron chi connectivity index (χ2n) is 7.04. The van der Waals surface area contributed by atoms with Gasteiger partial charge in [-0.2, -0.15) is 0 Å². The summed E-state index contributed by atoms with van der Waals surface area (Å²) in [5.74, 6) is 0.0249. The standard InChI is InChI=1S/C18H25ClN2O2/c1-12-6-15(19)5-4-14(12)9-20-16-7-17(8-16)21(11-18(22)23)10-13-2-3-13/h4-6,13,16-17,20H,2-3,7-11H2,1H3,(H,22,23). The van der Waals surface area contributed by atoms with Crippen LogP contribution in [0.2, 0.25) is 5.02 Å². The van der Waals surface area contributed by atoms with Crippen LogP contribution in [0.1, 0.15) is 36.8 Å². The molecule has 0 radical (unpaired) electrons. The Morgan fingerprint density at radius 1 is 1.39 bits per heavy atom. The van der Waals surface area contributed by atoms with E-state index in [2.05, 4.69) is 23.2 Å². The van der Waals surface area contributed by atoms with Crippen LogP contribution in [0.3, 0.4) is 0 Å². The molecule has 0 saturated heterocycles. The number of hydrogen-bond acceptors (Lipinski definition) is 3. The van der Waals surface area contributed by atoms with Crippen molar-refractivity contribution in [3.63, 3.8) is 0 Å². The van der Waals surface area contributed by atoms with Gasteiger partial charge in [-0.05, 0) is 61.8 Å². The smallest absolute Gasteiger partial charge is 0.317 e. The fourth-order valence-corrected chi connectivity index (χ4v) is 3.54. The number of rotatable bonds is 8. The molecule has 0 aliphatic heterocycles. The molecule has 2 aliphatic rings. The molecular formula is C18H25ClN2O2. The average Bonchev–Trinajstić information content (AvgIpc) is 3.22. The molecule has 5 heteroatoms. The van der Waals surface area contributed by atoms with Crippen LogP contribution in [0.15, 0.2) is 18.2 Å². The number of aliphatic carboxylic acids is 1. The third-order valence-corrected chi connectivity index (χ3v) is 5.28. The molecule has 0 heterocycles. The number of carboxylic acid groups (broad SMARTS) is 1. The number of nitrogens with one attached hydrogen (secondary N) is 1. The predicted molar refractivity (Wildman–Crippen MR) is 91.8 cm³/mol.